The summed E-state index contributed by atoms with van der Waals surface area (Å²) in [5.41, 5.74) is 5.68. The molecule has 2 saturated heterocycles. The molecule has 0 spiro atoms. The van der Waals surface area contributed by atoms with Crippen LogP contribution < -0.4 is 5.73 Å². The van der Waals surface area contributed by atoms with Gasteiger partial charge in [-0.05, 0) is 37.8 Å². The van der Waals surface area contributed by atoms with E-state index in [-0.39, 0.29) is 15.6 Å². The summed E-state index contributed by atoms with van der Waals surface area (Å²) in [5.74, 6) is -0.430. The highest BCUT2D eigenvalue weighted by Crippen LogP contribution is 2.39. The lowest BCUT2D eigenvalue weighted by molar-refractivity contribution is -0.0511. The van der Waals surface area contributed by atoms with E-state index < -0.39 is 20.8 Å². The second-order valence-electron chi connectivity index (χ2n) is 6.53. The Kier molecular flexibility index (Phi) is 5.24. The molecule has 2 aliphatic rings. The zero-order valence-electron chi connectivity index (χ0n) is 13.6. The quantitative estimate of drug-likeness (QED) is 0.624. The highest BCUT2D eigenvalue weighted by molar-refractivity contribution is 7.92. The smallest absolute Gasteiger partial charge is 0.186 e. The van der Waals surface area contributed by atoms with E-state index in [2.05, 4.69) is 10.0 Å². The first-order valence-electron chi connectivity index (χ1n) is 8.42. The molecular formula is C16H24ClN3O3S. The normalized spacial score (nSPS) is 21.9. The minimum atomic E-state index is -3.71. The summed E-state index contributed by atoms with van der Waals surface area (Å²) in [6, 6.07) is 2.84. The molecule has 3 rings (SSSR count). The monoisotopic (exact) mass is 373 g/mol. The zero-order valence-corrected chi connectivity index (χ0v) is 15.2. The fourth-order valence-corrected chi connectivity index (χ4v) is 5.96. The van der Waals surface area contributed by atoms with Crippen molar-refractivity contribution in [3.8, 4) is 5.75 Å². The van der Waals surface area contributed by atoms with Crippen LogP contribution in [-0.2, 0) is 9.84 Å². The summed E-state index contributed by atoms with van der Waals surface area (Å²) >= 11 is 6.04. The summed E-state index contributed by atoms with van der Waals surface area (Å²) in [6.07, 6.45) is 4.73. The van der Waals surface area contributed by atoms with E-state index in [0.717, 1.165) is 13.1 Å². The van der Waals surface area contributed by atoms with Crippen LogP contribution in [0, 0.1) is 0 Å². The van der Waals surface area contributed by atoms with Crippen LogP contribution >= 0.6 is 11.6 Å². The van der Waals surface area contributed by atoms with E-state index in [1.807, 2.05) is 0 Å². The number of hydrogen-bond donors (Lipinski definition) is 2. The lowest BCUT2D eigenvalue weighted by Crippen LogP contribution is -2.50. The number of phenolic OH excluding ortho intramolecular Hbond substituents is 1. The second-order valence-corrected chi connectivity index (χ2v) is 9.10. The van der Waals surface area contributed by atoms with Crippen molar-refractivity contribution in [2.75, 3.05) is 31.9 Å². The Labute approximate surface area is 148 Å². The molecule has 24 heavy (non-hydrogen) atoms. The molecule has 0 radical (unpaired) electrons. The average molecular weight is 374 g/mol. The predicted octanol–water partition coefficient (Wildman–Crippen LogP) is 2.27. The molecule has 6 nitrogen and oxygen atoms in total. The summed E-state index contributed by atoms with van der Waals surface area (Å²) in [4.78, 5) is -0.222. The van der Waals surface area contributed by atoms with Gasteiger partial charge in [0, 0.05) is 26.2 Å². The van der Waals surface area contributed by atoms with Gasteiger partial charge in [-0.2, -0.15) is 0 Å². The molecule has 0 atom stereocenters. The molecule has 0 saturated carbocycles. The van der Waals surface area contributed by atoms with Crippen LogP contribution in [0.1, 0.15) is 32.1 Å². The maximum atomic E-state index is 12.9. The Morgan fingerprint density at radius 2 is 1.62 bits per heavy atom. The van der Waals surface area contributed by atoms with Crippen LogP contribution in [0.25, 0.3) is 0 Å². The summed E-state index contributed by atoms with van der Waals surface area (Å²) in [7, 11) is -3.71. The topological polar surface area (TPSA) is 86.9 Å². The Morgan fingerprint density at radius 3 is 2.25 bits per heavy atom. The summed E-state index contributed by atoms with van der Waals surface area (Å²) in [6.45, 7) is 3.54. The Bertz CT molecular complexity index is 697. The number of benzene rings is 1. The Hall–Kier alpha value is -1.02. The van der Waals surface area contributed by atoms with Gasteiger partial charge in [-0.25, -0.2) is 18.4 Å². The van der Waals surface area contributed by atoms with E-state index in [1.54, 1.807) is 0 Å². The number of hydrogen-bond acceptors (Lipinski definition) is 6. The van der Waals surface area contributed by atoms with E-state index in [4.69, 9.17) is 17.3 Å². The molecule has 0 unspecified atom stereocenters. The lowest BCUT2D eigenvalue weighted by atomic mass is 10.1. The highest BCUT2D eigenvalue weighted by atomic mass is 35.5. The molecule has 2 fully saturated rings. The van der Waals surface area contributed by atoms with Crippen molar-refractivity contribution in [1.29, 1.82) is 0 Å². The van der Waals surface area contributed by atoms with Gasteiger partial charge in [-0.3, -0.25) is 0 Å². The molecule has 3 N–H and O–H groups in total. The predicted molar refractivity (Wildman–Crippen MR) is 94.7 cm³/mol. The lowest BCUT2D eigenvalue weighted by Gasteiger charge is -2.41. The van der Waals surface area contributed by atoms with Crippen LogP contribution in [0.2, 0.25) is 5.02 Å². The third-order valence-electron chi connectivity index (χ3n) is 4.99. The van der Waals surface area contributed by atoms with Crippen LogP contribution in [0.15, 0.2) is 17.0 Å². The van der Waals surface area contributed by atoms with Gasteiger partial charge < -0.3 is 10.8 Å². The number of sulfone groups is 1. The molecular weight excluding hydrogens is 350 g/mol. The van der Waals surface area contributed by atoms with Crippen molar-refractivity contribution >= 4 is 27.1 Å². The van der Waals surface area contributed by atoms with Gasteiger partial charge in [0.2, 0.25) is 0 Å². The van der Waals surface area contributed by atoms with E-state index in [1.165, 1.54) is 31.4 Å². The molecule has 2 aliphatic heterocycles. The molecule has 1 aromatic rings. The first-order valence-corrected chi connectivity index (χ1v) is 10.3. The molecule has 2 heterocycles. The highest BCUT2D eigenvalue weighted by Gasteiger charge is 2.36. The van der Waals surface area contributed by atoms with Crippen molar-refractivity contribution in [3.05, 3.63) is 17.2 Å². The molecule has 0 aromatic heterocycles. The van der Waals surface area contributed by atoms with Crippen molar-refractivity contribution in [2.24, 2.45) is 0 Å². The third kappa shape index (κ3) is 3.35. The van der Waals surface area contributed by atoms with Gasteiger partial charge in [0.05, 0.1) is 16.0 Å². The van der Waals surface area contributed by atoms with Crippen LogP contribution in [-0.4, -0.2) is 55.0 Å². The number of aromatic hydroxyl groups is 1. The SMILES string of the molecule is Nc1ccc(Cl)c(S(=O)(=O)C2CCN(N3CCCCC3)CC2)c1O. The number of phenols is 1. The number of nitrogen functional groups attached to an aromatic ring is 1. The van der Waals surface area contributed by atoms with Crippen molar-refractivity contribution < 1.29 is 13.5 Å². The first kappa shape index (κ1) is 17.8. The van der Waals surface area contributed by atoms with Crippen LogP contribution in [0.3, 0.4) is 0 Å². The van der Waals surface area contributed by atoms with Gasteiger partial charge in [0.25, 0.3) is 0 Å². The number of anilines is 1. The fraction of sp³-hybridized carbons (Fsp3) is 0.625. The largest absolute Gasteiger partial charge is 0.504 e. The average Bonchev–Trinajstić information content (AvgIpc) is 2.59. The molecule has 0 amide bonds. The Balaban J connectivity index is 1.75. The minimum Gasteiger partial charge on any atom is -0.504 e. The second kappa shape index (κ2) is 7.07. The molecule has 0 bridgehead atoms. The minimum absolute atomic E-state index is 0.0279. The van der Waals surface area contributed by atoms with Gasteiger partial charge in [-0.15, -0.1) is 0 Å². The standard InChI is InChI=1S/C16H24ClN3O3S/c17-13-4-5-14(18)15(21)16(13)24(22,23)12-6-10-20(11-7-12)19-8-2-1-3-9-19/h4-5,12,21H,1-3,6-11,18H2. The number of halogens is 1. The number of nitrogens with zero attached hydrogens (tertiary/aromatic N) is 2. The first-order chi connectivity index (χ1) is 11.4. The van der Waals surface area contributed by atoms with E-state index >= 15 is 0 Å². The molecule has 1 aromatic carbocycles. The maximum Gasteiger partial charge on any atom is 0.186 e. The molecule has 0 aliphatic carbocycles. The maximum absolute atomic E-state index is 12.9. The third-order valence-corrected chi connectivity index (χ3v) is 7.75. The van der Waals surface area contributed by atoms with Gasteiger partial charge >= 0.3 is 0 Å². The number of piperidine rings is 2. The van der Waals surface area contributed by atoms with Gasteiger partial charge in [0.1, 0.15) is 4.90 Å². The number of rotatable bonds is 3. The summed E-state index contributed by atoms with van der Waals surface area (Å²) in [5, 5.41) is 14.2. The number of nitrogens with two attached hydrogens (primary N) is 1. The van der Waals surface area contributed by atoms with Crippen molar-refractivity contribution in [3.63, 3.8) is 0 Å². The van der Waals surface area contributed by atoms with Gasteiger partial charge in [-0.1, -0.05) is 18.0 Å². The van der Waals surface area contributed by atoms with Crippen LogP contribution in [0.5, 0.6) is 5.75 Å². The van der Waals surface area contributed by atoms with E-state index in [9.17, 15) is 13.5 Å². The summed E-state index contributed by atoms with van der Waals surface area (Å²) < 4.78 is 25.9. The molecule has 8 heteroatoms. The van der Waals surface area contributed by atoms with Gasteiger partial charge in [0.15, 0.2) is 15.6 Å². The molecule has 134 valence electrons. The van der Waals surface area contributed by atoms with Crippen LogP contribution in [0.4, 0.5) is 5.69 Å². The van der Waals surface area contributed by atoms with Crippen molar-refractivity contribution in [2.45, 2.75) is 42.2 Å². The number of hydrazine groups is 1. The van der Waals surface area contributed by atoms with E-state index in [0.29, 0.717) is 25.9 Å². The zero-order chi connectivity index (χ0) is 17.3. The van der Waals surface area contributed by atoms with Crippen molar-refractivity contribution in [1.82, 2.24) is 10.0 Å². The fourth-order valence-electron chi connectivity index (χ4n) is 3.59. The Morgan fingerprint density at radius 1 is 1.04 bits per heavy atom.